The van der Waals surface area contributed by atoms with E-state index in [1.165, 1.54) is 18.5 Å². The Morgan fingerprint density at radius 1 is 1.50 bits per heavy atom. The first-order valence-corrected chi connectivity index (χ1v) is 7.52. The molecule has 0 amide bonds. The van der Waals surface area contributed by atoms with Gasteiger partial charge < -0.3 is 10.4 Å². The van der Waals surface area contributed by atoms with Crippen LogP contribution in [0.4, 0.5) is 0 Å². The highest BCUT2D eigenvalue weighted by Gasteiger charge is 2.26. The summed E-state index contributed by atoms with van der Waals surface area (Å²) in [6.07, 6.45) is 3.53. The van der Waals surface area contributed by atoms with E-state index >= 15 is 0 Å². The Hall–Kier alpha value is -0.390. The molecule has 1 heterocycles. The number of halogens is 1. The van der Waals surface area contributed by atoms with E-state index in [9.17, 15) is 5.11 Å². The molecule has 0 saturated heterocycles. The summed E-state index contributed by atoms with van der Waals surface area (Å²) in [6, 6.07) is 0.447. The zero-order valence-electron chi connectivity index (χ0n) is 11.1. The maximum atomic E-state index is 9.33. The second kappa shape index (κ2) is 6.17. The number of aromatic nitrogens is 2. The fourth-order valence-electron chi connectivity index (χ4n) is 2.79. The highest BCUT2D eigenvalue weighted by Crippen LogP contribution is 2.26. The van der Waals surface area contributed by atoms with Crippen molar-refractivity contribution in [1.29, 1.82) is 0 Å². The van der Waals surface area contributed by atoms with E-state index in [1.54, 1.807) is 0 Å². The molecule has 1 aromatic heterocycles. The molecule has 2 rings (SSSR count). The van der Waals surface area contributed by atoms with Crippen LogP contribution in [0, 0.1) is 12.8 Å². The van der Waals surface area contributed by atoms with Gasteiger partial charge in [-0.15, -0.1) is 0 Å². The van der Waals surface area contributed by atoms with Crippen molar-refractivity contribution in [3.63, 3.8) is 0 Å². The average Bonchev–Trinajstić information content (AvgIpc) is 2.93. The minimum atomic E-state index is 0.297. The van der Waals surface area contributed by atoms with Crippen LogP contribution < -0.4 is 5.32 Å². The molecule has 0 radical (unpaired) electrons. The summed E-state index contributed by atoms with van der Waals surface area (Å²) < 4.78 is 3.14. The van der Waals surface area contributed by atoms with Gasteiger partial charge in [0, 0.05) is 25.7 Å². The quantitative estimate of drug-likeness (QED) is 0.876. The van der Waals surface area contributed by atoms with E-state index in [0.717, 1.165) is 29.7 Å². The number of hydrogen-bond acceptors (Lipinski definition) is 3. The van der Waals surface area contributed by atoms with Gasteiger partial charge in [-0.1, -0.05) is 6.42 Å². The zero-order chi connectivity index (χ0) is 13.1. The maximum Gasteiger partial charge on any atom is 0.0739 e. The van der Waals surface area contributed by atoms with Crippen molar-refractivity contribution in [3.8, 4) is 0 Å². The summed E-state index contributed by atoms with van der Waals surface area (Å²) in [5.41, 5.74) is 2.25. The van der Waals surface area contributed by atoms with Gasteiger partial charge in [0.25, 0.3) is 0 Å². The molecule has 5 heteroatoms. The van der Waals surface area contributed by atoms with Gasteiger partial charge in [0.05, 0.1) is 15.9 Å². The Balaban J connectivity index is 2.01. The first-order valence-electron chi connectivity index (χ1n) is 6.73. The highest BCUT2D eigenvalue weighted by molar-refractivity contribution is 9.10. The lowest BCUT2D eigenvalue weighted by molar-refractivity contribution is 0.204. The van der Waals surface area contributed by atoms with Crippen LogP contribution in [0.3, 0.4) is 0 Å². The third kappa shape index (κ3) is 2.78. The number of rotatable bonds is 5. The largest absolute Gasteiger partial charge is 0.396 e. The Bertz CT molecular complexity index is 405. The van der Waals surface area contributed by atoms with Gasteiger partial charge in [0.15, 0.2) is 0 Å². The van der Waals surface area contributed by atoms with Crippen molar-refractivity contribution in [1.82, 2.24) is 15.1 Å². The molecule has 1 aromatic rings. The molecule has 0 bridgehead atoms. The molecule has 1 aliphatic rings. The molecule has 2 N–H and O–H groups in total. The first kappa shape index (κ1) is 14.0. The Morgan fingerprint density at radius 3 is 2.94 bits per heavy atom. The van der Waals surface area contributed by atoms with E-state index in [0.29, 0.717) is 18.6 Å². The van der Waals surface area contributed by atoms with E-state index in [-0.39, 0.29) is 0 Å². The summed E-state index contributed by atoms with van der Waals surface area (Å²) in [5.74, 6) is 0.419. The number of nitrogens with zero attached hydrogens (tertiary/aromatic N) is 2. The summed E-state index contributed by atoms with van der Waals surface area (Å²) in [4.78, 5) is 0. The SMILES string of the molecule is CCn1nc(C)c(Br)c1CNC1CCCC1CO. The number of aryl methyl sites for hydroxylation is 2. The van der Waals surface area contributed by atoms with Gasteiger partial charge in [-0.05, 0) is 48.5 Å². The van der Waals surface area contributed by atoms with Gasteiger partial charge in [0.2, 0.25) is 0 Å². The Kier molecular flexibility index (Phi) is 4.81. The summed E-state index contributed by atoms with van der Waals surface area (Å²) in [7, 11) is 0. The van der Waals surface area contributed by atoms with Crippen molar-refractivity contribution < 1.29 is 5.11 Å². The monoisotopic (exact) mass is 315 g/mol. The molecule has 102 valence electrons. The lowest BCUT2D eigenvalue weighted by Gasteiger charge is -2.19. The fourth-order valence-corrected chi connectivity index (χ4v) is 3.21. The van der Waals surface area contributed by atoms with Crippen LogP contribution in [0.2, 0.25) is 0 Å². The van der Waals surface area contributed by atoms with E-state index in [2.05, 4.69) is 33.3 Å². The lowest BCUT2D eigenvalue weighted by Crippen LogP contribution is -2.34. The van der Waals surface area contributed by atoms with Crippen molar-refractivity contribution in [2.75, 3.05) is 6.61 Å². The maximum absolute atomic E-state index is 9.33. The molecule has 0 spiro atoms. The van der Waals surface area contributed by atoms with Gasteiger partial charge in [-0.25, -0.2) is 0 Å². The van der Waals surface area contributed by atoms with Crippen molar-refractivity contribution in [3.05, 3.63) is 15.9 Å². The molecule has 0 aliphatic heterocycles. The lowest BCUT2D eigenvalue weighted by atomic mass is 10.1. The molecule has 2 unspecified atom stereocenters. The van der Waals surface area contributed by atoms with Crippen LogP contribution in [0.15, 0.2) is 4.47 Å². The number of aliphatic hydroxyl groups excluding tert-OH is 1. The molecular formula is C13H22BrN3O. The van der Waals surface area contributed by atoms with Crippen molar-refractivity contribution in [2.45, 2.75) is 52.2 Å². The number of aliphatic hydroxyl groups is 1. The zero-order valence-corrected chi connectivity index (χ0v) is 12.7. The number of hydrogen-bond donors (Lipinski definition) is 2. The molecule has 2 atom stereocenters. The molecular weight excluding hydrogens is 294 g/mol. The van der Waals surface area contributed by atoms with Crippen molar-refractivity contribution >= 4 is 15.9 Å². The normalized spacial score (nSPS) is 23.8. The number of nitrogens with one attached hydrogen (secondary N) is 1. The molecule has 4 nitrogen and oxygen atoms in total. The molecule has 1 aliphatic carbocycles. The summed E-state index contributed by atoms with van der Waals surface area (Å²) >= 11 is 3.61. The standard InChI is InChI=1S/C13H22BrN3O/c1-3-17-12(13(14)9(2)16-17)7-15-11-6-4-5-10(11)8-18/h10-11,15,18H,3-8H2,1-2H3. The minimum Gasteiger partial charge on any atom is -0.396 e. The van der Waals surface area contributed by atoms with Crippen LogP contribution in [0.5, 0.6) is 0 Å². The van der Waals surface area contributed by atoms with E-state index in [4.69, 9.17) is 0 Å². The second-order valence-corrected chi connectivity index (χ2v) is 5.82. The van der Waals surface area contributed by atoms with E-state index in [1.807, 2.05) is 11.6 Å². The first-order chi connectivity index (χ1) is 8.67. The molecule has 1 saturated carbocycles. The van der Waals surface area contributed by atoms with Crippen LogP contribution in [-0.2, 0) is 13.1 Å². The molecule has 1 fully saturated rings. The van der Waals surface area contributed by atoms with E-state index < -0.39 is 0 Å². The summed E-state index contributed by atoms with van der Waals surface area (Å²) in [6.45, 7) is 6.12. The third-order valence-corrected chi connectivity index (χ3v) is 4.91. The van der Waals surface area contributed by atoms with Gasteiger partial charge in [0.1, 0.15) is 0 Å². The molecule has 0 aromatic carbocycles. The molecule has 18 heavy (non-hydrogen) atoms. The van der Waals surface area contributed by atoms with Gasteiger partial charge in [-0.2, -0.15) is 5.10 Å². The summed E-state index contributed by atoms with van der Waals surface area (Å²) in [5, 5.41) is 17.4. The van der Waals surface area contributed by atoms with Gasteiger partial charge >= 0.3 is 0 Å². The van der Waals surface area contributed by atoms with Crippen LogP contribution in [-0.4, -0.2) is 27.5 Å². The van der Waals surface area contributed by atoms with Gasteiger partial charge in [-0.3, -0.25) is 4.68 Å². The van der Waals surface area contributed by atoms with Crippen LogP contribution in [0.1, 0.15) is 37.6 Å². The minimum absolute atomic E-state index is 0.297. The predicted octanol–water partition coefficient (Wildman–Crippen LogP) is 2.22. The second-order valence-electron chi connectivity index (χ2n) is 5.02. The third-order valence-electron chi connectivity index (χ3n) is 3.88. The topological polar surface area (TPSA) is 50.1 Å². The van der Waals surface area contributed by atoms with Crippen molar-refractivity contribution in [2.24, 2.45) is 5.92 Å². The van der Waals surface area contributed by atoms with Crippen LogP contribution >= 0.6 is 15.9 Å². The van der Waals surface area contributed by atoms with Crippen LogP contribution in [0.25, 0.3) is 0 Å². The fraction of sp³-hybridized carbons (Fsp3) is 0.769. The average molecular weight is 316 g/mol. The predicted molar refractivity (Wildman–Crippen MR) is 75.4 cm³/mol. The Morgan fingerprint density at radius 2 is 2.28 bits per heavy atom. The Labute approximate surface area is 117 Å². The smallest absolute Gasteiger partial charge is 0.0739 e. The highest BCUT2D eigenvalue weighted by atomic mass is 79.9.